The molecule has 0 aromatic heterocycles. The van der Waals surface area contributed by atoms with Crippen LogP contribution < -0.4 is 9.47 Å². The molecule has 1 aromatic carbocycles. The Balaban J connectivity index is 1.51. The fraction of sp³-hybridized carbons (Fsp3) is 0.579. The van der Waals surface area contributed by atoms with E-state index >= 15 is 0 Å². The Morgan fingerprint density at radius 2 is 1.72 bits per heavy atom. The van der Waals surface area contributed by atoms with Gasteiger partial charge in [-0.1, -0.05) is 12.8 Å². The monoisotopic (exact) mass is 347 g/mol. The Hall–Kier alpha value is -2.08. The molecule has 136 valence electrons. The number of aliphatic hydroxyl groups excluding tert-OH is 1. The fourth-order valence-electron chi connectivity index (χ4n) is 3.74. The predicted octanol–water partition coefficient (Wildman–Crippen LogP) is 2.14. The third-order valence-electron chi connectivity index (χ3n) is 5.02. The molecule has 1 saturated carbocycles. The first kappa shape index (κ1) is 17.7. The van der Waals surface area contributed by atoms with Crippen LogP contribution in [0.4, 0.5) is 0 Å². The van der Waals surface area contributed by atoms with Gasteiger partial charge >= 0.3 is 0 Å². The Labute approximate surface area is 147 Å². The minimum absolute atomic E-state index is 0.00353. The summed E-state index contributed by atoms with van der Waals surface area (Å²) in [6.45, 7) is 2.53. The molecular weight excluding hydrogens is 322 g/mol. The number of hydrogen-bond acceptors (Lipinski definition) is 5. The number of nitrogens with zero attached hydrogens (tertiary/aromatic N) is 1. The summed E-state index contributed by atoms with van der Waals surface area (Å²) in [5, 5.41) is 10.2. The van der Waals surface area contributed by atoms with E-state index in [0.29, 0.717) is 12.4 Å². The van der Waals surface area contributed by atoms with Gasteiger partial charge in [-0.2, -0.15) is 0 Å². The molecule has 2 amide bonds. The lowest BCUT2D eigenvalue weighted by atomic mass is 9.84. The third-order valence-corrected chi connectivity index (χ3v) is 5.02. The van der Waals surface area contributed by atoms with E-state index in [0.717, 1.165) is 31.4 Å². The molecule has 0 radical (unpaired) electrons. The molecule has 2 fully saturated rings. The normalized spacial score (nSPS) is 20.3. The number of carbonyl (C=O) groups is 2. The molecule has 1 heterocycles. The van der Waals surface area contributed by atoms with E-state index in [1.807, 2.05) is 6.92 Å². The van der Waals surface area contributed by atoms with Gasteiger partial charge in [-0.3, -0.25) is 14.5 Å². The molecule has 2 aliphatic rings. The number of imide groups is 1. The molecule has 0 bridgehead atoms. The van der Waals surface area contributed by atoms with E-state index in [4.69, 9.17) is 9.47 Å². The van der Waals surface area contributed by atoms with E-state index in [-0.39, 0.29) is 31.4 Å². The zero-order valence-corrected chi connectivity index (χ0v) is 14.6. The van der Waals surface area contributed by atoms with Crippen LogP contribution in [0.3, 0.4) is 0 Å². The molecule has 3 rings (SSSR count). The Bertz CT molecular complexity index is 621. The summed E-state index contributed by atoms with van der Waals surface area (Å²) in [6, 6.07) is 7.11. The number of ether oxygens (including phenoxy) is 2. The molecule has 1 spiro atoms. The lowest BCUT2D eigenvalue weighted by molar-refractivity contribution is -0.143. The minimum Gasteiger partial charge on any atom is -0.494 e. The molecule has 1 saturated heterocycles. The van der Waals surface area contributed by atoms with E-state index in [9.17, 15) is 14.7 Å². The molecule has 6 heteroatoms. The summed E-state index contributed by atoms with van der Waals surface area (Å²) in [6.07, 6.45) is 2.95. The van der Waals surface area contributed by atoms with Gasteiger partial charge in [-0.25, -0.2) is 0 Å². The van der Waals surface area contributed by atoms with Crippen LogP contribution in [0.5, 0.6) is 11.5 Å². The van der Waals surface area contributed by atoms with Crippen molar-refractivity contribution < 1.29 is 24.2 Å². The lowest BCUT2D eigenvalue weighted by Crippen LogP contribution is -2.41. The van der Waals surface area contributed by atoms with Crippen molar-refractivity contribution in [3.63, 3.8) is 0 Å². The number of hydrogen-bond donors (Lipinski definition) is 1. The number of benzene rings is 1. The van der Waals surface area contributed by atoms with Crippen molar-refractivity contribution >= 4 is 11.8 Å². The Morgan fingerprint density at radius 1 is 1.12 bits per heavy atom. The van der Waals surface area contributed by atoms with Crippen LogP contribution in [0, 0.1) is 5.41 Å². The summed E-state index contributed by atoms with van der Waals surface area (Å²) < 4.78 is 10.9. The maximum absolute atomic E-state index is 12.6. The Morgan fingerprint density at radius 3 is 2.32 bits per heavy atom. The first-order valence-corrected chi connectivity index (χ1v) is 8.92. The van der Waals surface area contributed by atoms with Gasteiger partial charge in [-0.05, 0) is 44.0 Å². The second kappa shape index (κ2) is 7.44. The highest BCUT2D eigenvalue weighted by Gasteiger charge is 2.52. The van der Waals surface area contributed by atoms with E-state index in [1.165, 1.54) is 4.90 Å². The second-order valence-corrected chi connectivity index (χ2v) is 6.84. The van der Waals surface area contributed by atoms with Crippen molar-refractivity contribution in [3.05, 3.63) is 24.3 Å². The fourth-order valence-corrected chi connectivity index (χ4v) is 3.74. The van der Waals surface area contributed by atoms with Gasteiger partial charge in [0.15, 0.2) is 0 Å². The zero-order valence-electron chi connectivity index (χ0n) is 14.6. The highest BCUT2D eigenvalue weighted by molar-refractivity contribution is 6.06. The zero-order chi connectivity index (χ0) is 17.9. The average Bonchev–Trinajstić information content (AvgIpc) is 3.16. The SMILES string of the molecule is CCOc1ccc(OC[C@@H](O)CN2C(=O)CC3(CCCC3)C2=O)cc1. The number of carbonyl (C=O) groups excluding carboxylic acids is 2. The van der Waals surface area contributed by atoms with Crippen molar-refractivity contribution in [1.82, 2.24) is 4.90 Å². The highest BCUT2D eigenvalue weighted by Crippen LogP contribution is 2.46. The molecular formula is C19H25NO5. The summed E-state index contributed by atoms with van der Waals surface area (Å²) in [5.74, 6) is 1.07. The van der Waals surface area contributed by atoms with Gasteiger partial charge in [0.2, 0.25) is 11.8 Å². The van der Waals surface area contributed by atoms with Crippen LogP contribution in [-0.2, 0) is 9.59 Å². The standard InChI is InChI=1S/C19H25NO5/c1-2-24-15-5-7-16(8-6-15)25-13-14(21)12-20-17(22)11-19(18(20)23)9-3-4-10-19/h5-8,14,21H,2-4,9-13H2,1H3/t14-/m0/s1. The predicted molar refractivity (Wildman–Crippen MR) is 91.4 cm³/mol. The van der Waals surface area contributed by atoms with Crippen LogP contribution in [0.1, 0.15) is 39.0 Å². The molecule has 1 aliphatic carbocycles. The van der Waals surface area contributed by atoms with Gasteiger partial charge in [0.25, 0.3) is 0 Å². The smallest absolute Gasteiger partial charge is 0.235 e. The highest BCUT2D eigenvalue weighted by atomic mass is 16.5. The number of amides is 2. The molecule has 25 heavy (non-hydrogen) atoms. The Kier molecular flexibility index (Phi) is 5.27. The van der Waals surface area contributed by atoms with Crippen LogP contribution >= 0.6 is 0 Å². The molecule has 6 nitrogen and oxygen atoms in total. The van der Waals surface area contributed by atoms with Crippen molar-refractivity contribution in [2.45, 2.75) is 45.1 Å². The molecule has 1 aliphatic heterocycles. The summed E-state index contributed by atoms with van der Waals surface area (Å²) in [4.78, 5) is 26.0. The molecule has 1 aromatic rings. The first-order valence-electron chi connectivity index (χ1n) is 8.92. The van der Waals surface area contributed by atoms with E-state index in [2.05, 4.69) is 0 Å². The van der Waals surface area contributed by atoms with Crippen molar-refractivity contribution in [2.24, 2.45) is 5.41 Å². The van der Waals surface area contributed by atoms with Gasteiger partial charge in [0, 0.05) is 6.42 Å². The largest absolute Gasteiger partial charge is 0.494 e. The lowest BCUT2D eigenvalue weighted by Gasteiger charge is -2.23. The quantitative estimate of drug-likeness (QED) is 0.765. The average molecular weight is 347 g/mol. The summed E-state index contributed by atoms with van der Waals surface area (Å²) in [5.41, 5.74) is -0.493. The summed E-state index contributed by atoms with van der Waals surface area (Å²) in [7, 11) is 0. The first-order chi connectivity index (χ1) is 12.0. The van der Waals surface area contributed by atoms with Crippen molar-refractivity contribution in [3.8, 4) is 11.5 Å². The van der Waals surface area contributed by atoms with Gasteiger partial charge in [0.05, 0.1) is 18.6 Å². The van der Waals surface area contributed by atoms with E-state index in [1.54, 1.807) is 24.3 Å². The topological polar surface area (TPSA) is 76.1 Å². The van der Waals surface area contributed by atoms with Gasteiger partial charge in [0.1, 0.15) is 24.2 Å². The number of rotatable bonds is 7. The summed E-state index contributed by atoms with van der Waals surface area (Å²) >= 11 is 0. The van der Waals surface area contributed by atoms with E-state index < -0.39 is 11.5 Å². The van der Waals surface area contributed by atoms with Crippen LogP contribution in [0.2, 0.25) is 0 Å². The number of aliphatic hydroxyl groups is 1. The molecule has 1 atom stereocenters. The molecule has 1 N–H and O–H groups in total. The van der Waals surface area contributed by atoms with Crippen LogP contribution in [0.15, 0.2) is 24.3 Å². The minimum atomic E-state index is -0.906. The van der Waals surface area contributed by atoms with Gasteiger partial charge in [-0.15, -0.1) is 0 Å². The van der Waals surface area contributed by atoms with Gasteiger partial charge < -0.3 is 14.6 Å². The number of β-amino-alcohol motifs (C(OH)–C–C–N with tert-alkyl or cyclic N) is 1. The van der Waals surface area contributed by atoms with Crippen molar-refractivity contribution in [2.75, 3.05) is 19.8 Å². The molecule has 0 unspecified atom stereocenters. The van der Waals surface area contributed by atoms with Crippen LogP contribution in [-0.4, -0.2) is 47.7 Å². The maximum Gasteiger partial charge on any atom is 0.235 e. The third kappa shape index (κ3) is 3.79. The van der Waals surface area contributed by atoms with Crippen molar-refractivity contribution in [1.29, 1.82) is 0 Å². The second-order valence-electron chi connectivity index (χ2n) is 6.84. The van der Waals surface area contributed by atoms with Crippen LogP contribution in [0.25, 0.3) is 0 Å². The number of likely N-dealkylation sites (tertiary alicyclic amines) is 1. The maximum atomic E-state index is 12.6.